The van der Waals surface area contributed by atoms with E-state index in [-0.39, 0.29) is 5.91 Å². The lowest BCUT2D eigenvalue weighted by molar-refractivity contribution is -0.908. The molecule has 1 aliphatic rings. The smallest absolute Gasteiger partial charge is 0.233 e. The molecule has 2 heterocycles. The molecule has 1 aromatic heterocycles. The lowest BCUT2D eigenvalue weighted by Crippen LogP contribution is -3.14. The Balaban J connectivity index is 1.51. The molecule has 6 heteroatoms. The second-order valence-corrected chi connectivity index (χ2v) is 8.65. The Morgan fingerprint density at radius 2 is 1.97 bits per heavy atom. The summed E-state index contributed by atoms with van der Waals surface area (Å²) in [5, 5.41) is 0.809. The molecule has 0 atom stereocenters. The molecule has 4 rings (SSSR count). The first-order valence-electron chi connectivity index (χ1n) is 10.3. The van der Waals surface area contributed by atoms with Crippen molar-refractivity contribution >= 4 is 32.6 Å². The Morgan fingerprint density at radius 3 is 2.76 bits per heavy atom. The standard InChI is InChI=1S/C23H27N3O2S/c1-18-8-9-20-21(16-18)29-23(24-20)26(11-5-10-25-12-14-28-15-13-25)22(27)17-19-6-3-2-4-7-19/h2-4,6-9,16H,5,10-15,17H2,1H3/p+1. The van der Waals surface area contributed by atoms with Crippen molar-refractivity contribution in [2.24, 2.45) is 0 Å². The molecule has 3 aromatic rings. The maximum Gasteiger partial charge on any atom is 0.233 e. The number of benzene rings is 2. The van der Waals surface area contributed by atoms with E-state index in [2.05, 4.69) is 19.1 Å². The van der Waals surface area contributed by atoms with Gasteiger partial charge in [0.1, 0.15) is 13.1 Å². The summed E-state index contributed by atoms with van der Waals surface area (Å²) < 4.78 is 6.59. The molecule has 1 amide bonds. The van der Waals surface area contributed by atoms with E-state index in [0.29, 0.717) is 13.0 Å². The topological polar surface area (TPSA) is 46.9 Å². The largest absolute Gasteiger partial charge is 0.370 e. The fourth-order valence-electron chi connectivity index (χ4n) is 3.73. The van der Waals surface area contributed by atoms with Crippen LogP contribution in [0, 0.1) is 6.92 Å². The van der Waals surface area contributed by atoms with Crippen LogP contribution in [-0.2, 0) is 16.0 Å². The number of morpholine rings is 1. The number of carbonyl (C=O) groups is 1. The summed E-state index contributed by atoms with van der Waals surface area (Å²) >= 11 is 1.61. The highest BCUT2D eigenvalue weighted by Gasteiger charge is 2.21. The fourth-order valence-corrected chi connectivity index (χ4v) is 4.83. The number of amides is 1. The van der Waals surface area contributed by atoms with Gasteiger partial charge in [-0.05, 0) is 30.2 Å². The number of thiazole rings is 1. The number of aryl methyl sites for hydroxylation is 1. The summed E-state index contributed by atoms with van der Waals surface area (Å²) in [6.45, 7) is 7.63. The van der Waals surface area contributed by atoms with E-state index >= 15 is 0 Å². The Labute approximate surface area is 175 Å². The predicted molar refractivity (Wildman–Crippen MR) is 118 cm³/mol. The summed E-state index contributed by atoms with van der Waals surface area (Å²) in [7, 11) is 0. The van der Waals surface area contributed by atoms with Gasteiger partial charge in [-0.3, -0.25) is 9.69 Å². The Bertz CT molecular complexity index is 951. The van der Waals surface area contributed by atoms with Crippen molar-refractivity contribution in [3.63, 3.8) is 0 Å². The molecule has 0 radical (unpaired) electrons. The van der Waals surface area contributed by atoms with Crippen molar-refractivity contribution in [2.75, 3.05) is 44.3 Å². The number of ether oxygens (including phenoxy) is 1. The number of rotatable bonds is 7. The van der Waals surface area contributed by atoms with E-state index < -0.39 is 0 Å². The molecule has 0 unspecified atom stereocenters. The van der Waals surface area contributed by atoms with Gasteiger partial charge in [0.25, 0.3) is 0 Å². The van der Waals surface area contributed by atoms with Gasteiger partial charge in [0.15, 0.2) is 5.13 Å². The zero-order valence-corrected chi connectivity index (χ0v) is 17.7. The number of quaternary nitrogens is 1. The highest BCUT2D eigenvalue weighted by atomic mass is 32.1. The van der Waals surface area contributed by atoms with E-state index in [1.807, 2.05) is 41.3 Å². The minimum Gasteiger partial charge on any atom is -0.370 e. The van der Waals surface area contributed by atoms with Crippen LogP contribution in [0.5, 0.6) is 0 Å². The van der Waals surface area contributed by atoms with Crippen LogP contribution in [0.3, 0.4) is 0 Å². The average molecular weight is 411 g/mol. The lowest BCUT2D eigenvalue weighted by Gasteiger charge is -2.25. The van der Waals surface area contributed by atoms with Gasteiger partial charge in [-0.15, -0.1) is 0 Å². The molecular weight excluding hydrogens is 382 g/mol. The van der Waals surface area contributed by atoms with Crippen molar-refractivity contribution in [1.82, 2.24) is 4.98 Å². The molecule has 1 aliphatic heterocycles. The quantitative estimate of drug-likeness (QED) is 0.651. The molecule has 0 spiro atoms. The maximum absolute atomic E-state index is 13.2. The first-order chi connectivity index (χ1) is 14.2. The molecule has 1 N–H and O–H groups in total. The fraction of sp³-hybridized carbons (Fsp3) is 0.391. The second-order valence-electron chi connectivity index (χ2n) is 7.64. The molecular formula is C23H28N3O2S+. The normalized spacial score (nSPS) is 14.9. The number of hydrogen-bond donors (Lipinski definition) is 1. The van der Waals surface area contributed by atoms with Crippen LogP contribution in [0.25, 0.3) is 10.2 Å². The van der Waals surface area contributed by atoms with E-state index in [9.17, 15) is 4.79 Å². The lowest BCUT2D eigenvalue weighted by atomic mass is 10.1. The van der Waals surface area contributed by atoms with Gasteiger partial charge in [0.05, 0.1) is 36.4 Å². The molecule has 1 saturated heterocycles. The monoisotopic (exact) mass is 410 g/mol. The highest BCUT2D eigenvalue weighted by molar-refractivity contribution is 7.22. The third-order valence-electron chi connectivity index (χ3n) is 5.37. The summed E-state index contributed by atoms with van der Waals surface area (Å²) in [6.07, 6.45) is 1.37. The van der Waals surface area contributed by atoms with E-state index in [1.165, 1.54) is 5.56 Å². The SMILES string of the molecule is Cc1ccc2nc(N(CCC[NH+]3CCOCC3)C(=O)Cc3ccccc3)sc2c1. The van der Waals surface area contributed by atoms with E-state index in [0.717, 1.165) is 60.2 Å². The summed E-state index contributed by atoms with van der Waals surface area (Å²) in [5.41, 5.74) is 3.22. The Kier molecular flexibility index (Phi) is 6.54. The van der Waals surface area contributed by atoms with E-state index in [1.54, 1.807) is 16.2 Å². The molecule has 29 heavy (non-hydrogen) atoms. The molecule has 0 saturated carbocycles. The van der Waals surface area contributed by atoms with Gasteiger partial charge in [-0.25, -0.2) is 4.98 Å². The zero-order valence-electron chi connectivity index (χ0n) is 16.9. The Morgan fingerprint density at radius 1 is 1.17 bits per heavy atom. The van der Waals surface area contributed by atoms with Crippen LogP contribution in [0.1, 0.15) is 17.5 Å². The number of carbonyl (C=O) groups excluding carboxylic acids is 1. The number of nitrogens with zero attached hydrogens (tertiary/aromatic N) is 2. The number of hydrogen-bond acceptors (Lipinski definition) is 4. The zero-order chi connectivity index (χ0) is 20.1. The molecule has 0 aliphatic carbocycles. The summed E-state index contributed by atoms with van der Waals surface area (Å²) in [5.74, 6) is 0.115. The van der Waals surface area contributed by atoms with Gasteiger partial charge in [-0.2, -0.15) is 0 Å². The van der Waals surface area contributed by atoms with Gasteiger partial charge in [0, 0.05) is 13.0 Å². The molecule has 1 fully saturated rings. The molecule has 5 nitrogen and oxygen atoms in total. The predicted octanol–water partition coefficient (Wildman–Crippen LogP) is 2.49. The van der Waals surface area contributed by atoms with Crippen molar-refractivity contribution in [2.45, 2.75) is 19.8 Å². The van der Waals surface area contributed by atoms with Gasteiger partial charge >= 0.3 is 0 Å². The minimum atomic E-state index is 0.115. The van der Waals surface area contributed by atoms with E-state index in [4.69, 9.17) is 9.72 Å². The number of nitrogens with one attached hydrogen (secondary N) is 1. The first kappa shape index (κ1) is 20.0. The minimum absolute atomic E-state index is 0.115. The summed E-state index contributed by atoms with van der Waals surface area (Å²) in [4.78, 5) is 21.4. The van der Waals surface area contributed by atoms with Crippen LogP contribution in [0.4, 0.5) is 5.13 Å². The van der Waals surface area contributed by atoms with Crippen LogP contribution in [0.15, 0.2) is 48.5 Å². The van der Waals surface area contributed by atoms with Crippen molar-refractivity contribution in [1.29, 1.82) is 0 Å². The third kappa shape index (κ3) is 5.21. The summed E-state index contributed by atoms with van der Waals surface area (Å²) in [6, 6.07) is 16.2. The first-order valence-corrected chi connectivity index (χ1v) is 11.1. The molecule has 2 aromatic carbocycles. The number of anilines is 1. The van der Waals surface area contributed by atoms with Gasteiger partial charge in [-0.1, -0.05) is 47.7 Å². The van der Waals surface area contributed by atoms with Crippen LogP contribution in [0.2, 0.25) is 0 Å². The molecule has 152 valence electrons. The van der Waals surface area contributed by atoms with Gasteiger partial charge < -0.3 is 9.64 Å². The van der Waals surface area contributed by atoms with Crippen LogP contribution in [-0.4, -0.2) is 50.3 Å². The van der Waals surface area contributed by atoms with Crippen LogP contribution >= 0.6 is 11.3 Å². The average Bonchev–Trinajstić information content (AvgIpc) is 3.15. The number of aromatic nitrogens is 1. The van der Waals surface area contributed by atoms with Crippen molar-refractivity contribution < 1.29 is 14.4 Å². The van der Waals surface area contributed by atoms with Crippen molar-refractivity contribution in [3.05, 3.63) is 59.7 Å². The van der Waals surface area contributed by atoms with Crippen LogP contribution < -0.4 is 9.80 Å². The van der Waals surface area contributed by atoms with Crippen molar-refractivity contribution in [3.8, 4) is 0 Å². The molecule has 0 bridgehead atoms. The number of fused-ring (bicyclic) bond motifs is 1. The highest BCUT2D eigenvalue weighted by Crippen LogP contribution is 2.30. The van der Waals surface area contributed by atoms with Gasteiger partial charge in [0.2, 0.25) is 5.91 Å². The Hall–Kier alpha value is -2.28. The second kappa shape index (κ2) is 9.48. The third-order valence-corrected chi connectivity index (χ3v) is 6.42. The maximum atomic E-state index is 13.2.